The number of carboxylic acids is 1. The van der Waals surface area contributed by atoms with Crippen LogP contribution in [-0.4, -0.2) is 51.8 Å². The molecule has 4 heterocycles. The van der Waals surface area contributed by atoms with Crippen LogP contribution in [0.3, 0.4) is 0 Å². The SMILES string of the molecule is COC(=O)CC(c1ccc(C(=O)O)cc1)c1oc(CN2C[C@H]3C[C@@H](C2)c2cccc(=O)n2C3)cc(=O)c1O. The van der Waals surface area contributed by atoms with Gasteiger partial charge in [0.2, 0.25) is 11.2 Å². The van der Waals surface area contributed by atoms with Gasteiger partial charge in [0, 0.05) is 43.4 Å². The number of hydrogen-bond donors (Lipinski definition) is 2. The number of hydrogen-bond acceptors (Lipinski definition) is 8. The van der Waals surface area contributed by atoms with Gasteiger partial charge in [-0.15, -0.1) is 0 Å². The zero-order valence-corrected chi connectivity index (χ0v) is 20.8. The Balaban J connectivity index is 1.45. The first-order valence-electron chi connectivity index (χ1n) is 12.4. The Morgan fingerprint density at radius 1 is 1.11 bits per heavy atom. The van der Waals surface area contributed by atoms with Crippen molar-refractivity contribution in [1.29, 1.82) is 0 Å². The molecule has 10 heteroatoms. The molecule has 0 radical (unpaired) electrons. The standard InChI is InChI=1S/C28H28N2O8/c1-37-25(33)11-21(17-5-7-18(8-6-17)28(35)36)27-26(34)23(31)10-20(38-27)15-29-12-16-9-19(14-29)22-3-2-4-24(32)30(22)13-16/h2-8,10,16,19,21,34H,9,11-15H2,1H3,(H,35,36)/t16-,19+,21?/m1/s1. The van der Waals surface area contributed by atoms with Crippen LogP contribution in [-0.2, 0) is 22.6 Å². The first kappa shape index (κ1) is 25.5. The highest BCUT2D eigenvalue weighted by Gasteiger charge is 2.35. The van der Waals surface area contributed by atoms with Crippen molar-refractivity contribution in [3.05, 3.63) is 97.4 Å². The van der Waals surface area contributed by atoms with Gasteiger partial charge in [0.25, 0.3) is 5.56 Å². The minimum Gasteiger partial charge on any atom is -0.502 e. The highest BCUT2D eigenvalue weighted by Crippen LogP contribution is 2.37. The molecule has 0 amide bonds. The fourth-order valence-electron chi connectivity index (χ4n) is 5.68. The van der Waals surface area contributed by atoms with Gasteiger partial charge in [0.1, 0.15) is 5.76 Å². The normalized spacial score (nSPS) is 19.4. The molecular weight excluding hydrogens is 492 g/mol. The quantitative estimate of drug-likeness (QED) is 0.450. The number of esters is 1. The third-order valence-electron chi connectivity index (χ3n) is 7.41. The molecule has 1 aromatic carbocycles. The van der Waals surface area contributed by atoms with Gasteiger partial charge in [-0.05, 0) is 36.1 Å². The Kier molecular flexibility index (Phi) is 6.90. The van der Waals surface area contributed by atoms with E-state index < -0.39 is 29.0 Å². The number of aromatic hydroxyl groups is 1. The van der Waals surface area contributed by atoms with Crippen molar-refractivity contribution in [2.75, 3.05) is 20.2 Å². The number of carbonyl (C=O) groups is 2. The lowest BCUT2D eigenvalue weighted by molar-refractivity contribution is -0.140. The van der Waals surface area contributed by atoms with Crippen LogP contribution in [0.4, 0.5) is 0 Å². The maximum absolute atomic E-state index is 12.8. The van der Waals surface area contributed by atoms with Crippen LogP contribution in [0.25, 0.3) is 0 Å². The Bertz CT molecular complexity index is 1490. The Morgan fingerprint density at radius 2 is 1.87 bits per heavy atom. The monoisotopic (exact) mass is 520 g/mol. The van der Waals surface area contributed by atoms with Crippen molar-refractivity contribution in [3.63, 3.8) is 0 Å². The summed E-state index contributed by atoms with van der Waals surface area (Å²) in [7, 11) is 1.23. The fraction of sp³-hybridized carbons (Fsp3) is 0.357. The van der Waals surface area contributed by atoms with Crippen LogP contribution in [0.15, 0.2) is 62.5 Å². The van der Waals surface area contributed by atoms with E-state index in [-0.39, 0.29) is 35.1 Å². The summed E-state index contributed by atoms with van der Waals surface area (Å²) in [5.41, 5.74) is 0.935. The van der Waals surface area contributed by atoms with Crippen LogP contribution in [0.1, 0.15) is 57.8 Å². The van der Waals surface area contributed by atoms with Gasteiger partial charge in [-0.1, -0.05) is 18.2 Å². The zero-order chi connectivity index (χ0) is 27.0. The van der Waals surface area contributed by atoms with E-state index in [9.17, 15) is 29.4 Å². The summed E-state index contributed by atoms with van der Waals surface area (Å²) in [4.78, 5) is 50.8. The molecule has 1 fully saturated rings. The largest absolute Gasteiger partial charge is 0.502 e. The molecule has 0 saturated carbocycles. The van der Waals surface area contributed by atoms with Crippen molar-refractivity contribution in [2.45, 2.75) is 37.8 Å². The van der Waals surface area contributed by atoms with Crippen molar-refractivity contribution in [2.24, 2.45) is 5.92 Å². The number of carboxylic acid groups (broad SMARTS) is 1. The molecule has 1 unspecified atom stereocenters. The second kappa shape index (κ2) is 10.3. The van der Waals surface area contributed by atoms with Crippen LogP contribution in [0.2, 0.25) is 0 Å². The van der Waals surface area contributed by atoms with Crippen LogP contribution in [0.5, 0.6) is 5.75 Å². The molecule has 198 valence electrons. The van der Waals surface area contributed by atoms with Gasteiger partial charge < -0.3 is 23.9 Å². The summed E-state index contributed by atoms with van der Waals surface area (Å²) in [6.07, 6.45) is 0.764. The van der Waals surface area contributed by atoms with Crippen LogP contribution < -0.4 is 11.0 Å². The predicted molar refractivity (Wildman–Crippen MR) is 135 cm³/mol. The molecule has 2 bridgehead atoms. The van der Waals surface area contributed by atoms with Crippen LogP contribution in [0, 0.1) is 5.92 Å². The molecule has 38 heavy (non-hydrogen) atoms. The number of ether oxygens (including phenoxy) is 1. The number of benzene rings is 1. The summed E-state index contributed by atoms with van der Waals surface area (Å²) < 4.78 is 12.7. The number of methoxy groups -OCH3 is 1. The molecule has 2 N–H and O–H groups in total. The molecule has 1 saturated heterocycles. The lowest BCUT2D eigenvalue weighted by Gasteiger charge is -2.42. The van der Waals surface area contributed by atoms with Crippen molar-refractivity contribution in [1.82, 2.24) is 9.47 Å². The van der Waals surface area contributed by atoms with E-state index in [2.05, 4.69) is 4.90 Å². The number of piperidine rings is 1. The zero-order valence-electron chi connectivity index (χ0n) is 20.8. The highest BCUT2D eigenvalue weighted by molar-refractivity contribution is 5.87. The lowest BCUT2D eigenvalue weighted by atomic mass is 9.83. The number of fused-ring (bicyclic) bond motifs is 4. The molecule has 0 spiro atoms. The van der Waals surface area contributed by atoms with E-state index in [0.29, 0.717) is 31.0 Å². The van der Waals surface area contributed by atoms with Crippen molar-refractivity contribution < 1.29 is 29.0 Å². The molecule has 3 atom stereocenters. The first-order valence-corrected chi connectivity index (χ1v) is 12.4. The maximum Gasteiger partial charge on any atom is 0.335 e. The highest BCUT2D eigenvalue weighted by atomic mass is 16.5. The molecule has 2 aromatic heterocycles. The van der Waals surface area contributed by atoms with Gasteiger partial charge in [0.05, 0.1) is 31.6 Å². The van der Waals surface area contributed by atoms with E-state index >= 15 is 0 Å². The number of nitrogens with zero attached hydrogens (tertiary/aromatic N) is 2. The third-order valence-corrected chi connectivity index (χ3v) is 7.41. The number of carbonyl (C=O) groups excluding carboxylic acids is 1. The second-order valence-corrected chi connectivity index (χ2v) is 9.94. The molecule has 10 nitrogen and oxygen atoms in total. The minimum atomic E-state index is -1.10. The molecule has 5 rings (SSSR count). The smallest absolute Gasteiger partial charge is 0.335 e. The van der Waals surface area contributed by atoms with Crippen molar-refractivity contribution >= 4 is 11.9 Å². The van der Waals surface area contributed by atoms with E-state index in [0.717, 1.165) is 18.7 Å². The number of likely N-dealkylation sites (tertiary alicyclic amines) is 1. The topological polar surface area (TPSA) is 139 Å². The summed E-state index contributed by atoms with van der Waals surface area (Å²) in [6, 6.07) is 12.4. The summed E-state index contributed by atoms with van der Waals surface area (Å²) in [5, 5.41) is 19.9. The van der Waals surface area contributed by atoms with Crippen molar-refractivity contribution in [3.8, 4) is 5.75 Å². The maximum atomic E-state index is 12.8. The summed E-state index contributed by atoms with van der Waals surface area (Å²) in [6.45, 7) is 2.36. The molecule has 0 aliphatic carbocycles. The third kappa shape index (κ3) is 4.99. The molecule has 2 aliphatic heterocycles. The minimum absolute atomic E-state index is 0.00728. The summed E-state index contributed by atoms with van der Waals surface area (Å²) >= 11 is 0. The number of aromatic nitrogens is 1. The summed E-state index contributed by atoms with van der Waals surface area (Å²) in [5.74, 6) is -2.42. The second-order valence-electron chi connectivity index (χ2n) is 9.94. The number of pyridine rings is 1. The Morgan fingerprint density at radius 3 is 2.58 bits per heavy atom. The Labute approximate surface area is 217 Å². The number of aromatic carboxylic acids is 1. The average molecular weight is 521 g/mol. The molecular formula is C28H28N2O8. The van der Waals surface area contributed by atoms with Gasteiger partial charge in [0.15, 0.2) is 5.76 Å². The molecule has 3 aromatic rings. The fourth-order valence-corrected chi connectivity index (χ4v) is 5.68. The van der Waals surface area contributed by atoms with Gasteiger partial charge in [-0.2, -0.15) is 0 Å². The van der Waals surface area contributed by atoms with Gasteiger partial charge in [-0.25, -0.2) is 4.79 Å². The average Bonchev–Trinajstić information content (AvgIpc) is 2.90. The predicted octanol–water partition coefficient (Wildman–Crippen LogP) is 2.52. The first-order chi connectivity index (χ1) is 18.2. The Hall–Kier alpha value is -4.18. The van der Waals surface area contributed by atoms with Gasteiger partial charge >= 0.3 is 11.9 Å². The lowest BCUT2D eigenvalue weighted by Crippen LogP contribution is -2.46. The van der Waals surface area contributed by atoms with Gasteiger partial charge in [-0.3, -0.25) is 19.3 Å². The van der Waals surface area contributed by atoms with E-state index in [1.54, 1.807) is 12.1 Å². The van der Waals surface area contributed by atoms with E-state index in [1.165, 1.54) is 37.4 Å². The van der Waals surface area contributed by atoms with E-state index in [4.69, 9.17) is 9.15 Å². The molecule has 2 aliphatic rings. The van der Waals surface area contributed by atoms with Crippen LogP contribution >= 0.6 is 0 Å². The number of rotatable bonds is 7. The van der Waals surface area contributed by atoms with E-state index in [1.807, 2.05) is 10.6 Å².